The molecule has 0 atom stereocenters. The van der Waals surface area contributed by atoms with E-state index in [2.05, 4.69) is 0 Å². The second-order valence-corrected chi connectivity index (χ2v) is 6.54. The van der Waals surface area contributed by atoms with Crippen LogP contribution in [0.2, 0.25) is 0 Å². The lowest BCUT2D eigenvalue weighted by molar-refractivity contribution is 0.0693. The molecule has 0 aliphatic heterocycles. The van der Waals surface area contributed by atoms with Crippen LogP contribution in [-0.2, 0) is 4.74 Å². The zero-order valence-electron chi connectivity index (χ0n) is 15.3. The Morgan fingerprint density at radius 2 is 1.08 bits per heavy atom. The lowest BCUT2D eigenvalue weighted by Crippen LogP contribution is -2.05. The van der Waals surface area contributed by atoms with Crippen LogP contribution in [0.3, 0.4) is 0 Å². The SMILES string of the molecule is Cc1ccc(/C=C(/OC(=O)c2ccc(C)cc2)c2ccc(C)cc2)cc1. The topological polar surface area (TPSA) is 26.3 Å². The van der Waals surface area contributed by atoms with Crippen molar-refractivity contribution in [2.45, 2.75) is 20.8 Å². The molecule has 0 N–H and O–H groups in total. The summed E-state index contributed by atoms with van der Waals surface area (Å²) in [6.45, 7) is 6.07. The number of benzene rings is 3. The van der Waals surface area contributed by atoms with Crippen LogP contribution in [0.5, 0.6) is 0 Å². The molecule has 0 amide bonds. The molecule has 0 heterocycles. The Labute approximate surface area is 154 Å². The number of hydrogen-bond donors (Lipinski definition) is 0. The molecule has 0 saturated carbocycles. The monoisotopic (exact) mass is 342 g/mol. The van der Waals surface area contributed by atoms with E-state index in [0.29, 0.717) is 11.3 Å². The smallest absolute Gasteiger partial charge is 0.343 e. The summed E-state index contributed by atoms with van der Waals surface area (Å²) >= 11 is 0. The van der Waals surface area contributed by atoms with Crippen LogP contribution in [0.15, 0.2) is 72.8 Å². The minimum absolute atomic E-state index is 0.357. The Kier molecular flexibility index (Phi) is 5.33. The maximum Gasteiger partial charge on any atom is 0.343 e. The molecular weight excluding hydrogens is 320 g/mol. The largest absolute Gasteiger partial charge is 0.422 e. The van der Waals surface area contributed by atoms with Gasteiger partial charge in [0, 0.05) is 5.56 Å². The van der Waals surface area contributed by atoms with Crippen molar-refractivity contribution in [3.05, 3.63) is 106 Å². The van der Waals surface area contributed by atoms with E-state index in [1.165, 1.54) is 5.56 Å². The van der Waals surface area contributed by atoms with Crippen LogP contribution in [0, 0.1) is 20.8 Å². The van der Waals surface area contributed by atoms with Crippen LogP contribution >= 0.6 is 0 Å². The highest BCUT2D eigenvalue weighted by Gasteiger charge is 2.12. The molecule has 0 unspecified atom stereocenters. The fourth-order valence-corrected chi connectivity index (χ4v) is 2.55. The fourth-order valence-electron chi connectivity index (χ4n) is 2.55. The molecule has 3 rings (SSSR count). The molecule has 3 aromatic carbocycles. The standard InChI is InChI=1S/C24H22O2/c1-17-4-10-20(11-5-17)16-23(21-12-6-18(2)7-13-21)26-24(25)22-14-8-19(3)9-15-22/h4-16H,1-3H3/b23-16+. The third kappa shape index (κ3) is 4.48. The van der Waals surface area contributed by atoms with Gasteiger partial charge < -0.3 is 4.74 Å². The molecule has 2 nitrogen and oxygen atoms in total. The van der Waals surface area contributed by atoms with Crippen molar-refractivity contribution in [2.75, 3.05) is 0 Å². The van der Waals surface area contributed by atoms with Gasteiger partial charge in [0.25, 0.3) is 0 Å². The number of carbonyl (C=O) groups is 1. The summed E-state index contributed by atoms with van der Waals surface area (Å²) in [6.07, 6.45) is 1.90. The van der Waals surface area contributed by atoms with Crippen molar-refractivity contribution in [1.82, 2.24) is 0 Å². The van der Waals surface area contributed by atoms with Crippen molar-refractivity contribution in [3.63, 3.8) is 0 Å². The highest BCUT2D eigenvalue weighted by molar-refractivity contribution is 5.95. The Balaban J connectivity index is 1.94. The lowest BCUT2D eigenvalue weighted by atomic mass is 10.1. The predicted molar refractivity (Wildman–Crippen MR) is 107 cm³/mol. The van der Waals surface area contributed by atoms with Crippen LogP contribution < -0.4 is 0 Å². The second kappa shape index (κ2) is 7.83. The van der Waals surface area contributed by atoms with Crippen molar-refractivity contribution in [1.29, 1.82) is 0 Å². The van der Waals surface area contributed by atoms with E-state index in [1.54, 1.807) is 12.1 Å². The Bertz CT molecular complexity index is 915. The number of hydrogen-bond acceptors (Lipinski definition) is 2. The summed E-state index contributed by atoms with van der Waals surface area (Å²) in [5.74, 6) is 0.184. The van der Waals surface area contributed by atoms with E-state index < -0.39 is 0 Å². The molecule has 0 fully saturated rings. The Hall–Kier alpha value is -3.13. The average molecular weight is 342 g/mol. The van der Waals surface area contributed by atoms with Crippen LogP contribution in [0.25, 0.3) is 11.8 Å². The molecule has 0 saturated heterocycles. The van der Waals surface area contributed by atoms with E-state index in [0.717, 1.165) is 22.3 Å². The number of aryl methyl sites for hydroxylation is 3. The van der Waals surface area contributed by atoms with E-state index in [1.807, 2.05) is 87.5 Å². The molecule has 130 valence electrons. The summed E-state index contributed by atoms with van der Waals surface area (Å²) in [7, 11) is 0. The van der Waals surface area contributed by atoms with Crippen LogP contribution in [-0.4, -0.2) is 5.97 Å². The number of carbonyl (C=O) groups excluding carboxylic acids is 1. The summed E-state index contributed by atoms with van der Waals surface area (Å²) < 4.78 is 5.76. The first kappa shape index (κ1) is 17.7. The molecule has 0 bridgehead atoms. The third-order valence-electron chi connectivity index (χ3n) is 4.20. The van der Waals surface area contributed by atoms with E-state index in [9.17, 15) is 4.79 Å². The highest BCUT2D eigenvalue weighted by Crippen LogP contribution is 2.22. The minimum atomic E-state index is -0.357. The summed E-state index contributed by atoms with van der Waals surface area (Å²) in [4.78, 5) is 12.6. The zero-order valence-corrected chi connectivity index (χ0v) is 15.3. The maximum atomic E-state index is 12.6. The predicted octanol–water partition coefficient (Wildman–Crippen LogP) is 5.97. The van der Waals surface area contributed by atoms with E-state index >= 15 is 0 Å². The molecule has 0 radical (unpaired) electrons. The molecule has 2 heteroatoms. The fraction of sp³-hybridized carbons (Fsp3) is 0.125. The van der Waals surface area contributed by atoms with Gasteiger partial charge in [-0.2, -0.15) is 0 Å². The first-order chi connectivity index (χ1) is 12.5. The number of rotatable bonds is 4. The summed E-state index contributed by atoms with van der Waals surface area (Å²) in [6, 6.07) is 23.5. The van der Waals surface area contributed by atoms with Gasteiger partial charge in [0.05, 0.1) is 5.56 Å². The molecule has 3 aromatic rings. The number of ether oxygens (including phenoxy) is 1. The second-order valence-electron chi connectivity index (χ2n) is 6.54. The van der Waals surface area contributed by atoms with Crippen LogP contribution in [0.4, 0.5) is 0 Å². The Morgan fingerprint density at radius 1 is 0.654 bits per heavy atom. The lowest BCUT2D eigenvalue weighted by Gasteiger charge is -2.10. The zero-order chi connectivity index (χ0) is 18.5. The normalized spacial score (nSPS) is 11.3. The highest BCUT2D eigenvalue weighted by atomic mass is 16.5. The van der Waals surface area contributed by atoms with Gasteiger partial charge in [-0.3, -0.25) is 0 Å². The van der Waals surface area contributed by atoms with Gasteiger partial charge >= 0.3 is 5.97 Å². The first-order valence-corrected chi connectivity index (χ1v) is 8.65. The van der Waals surface area contributed by atoms with Gasteiger partial charge in [-0.15, -0.1) is 0 Å². The van der Waals surface area contributed by atoms with Crippen molar-refractivity contribution in [2.24, 2.45) is 0 Å². The Morgan fingerprint density at radius 3 is 1.58 bits per heavy atom. The van der Waals surface area contributed by atoms with E-state index in [-0.39, 0.29) is 5.97 Å². The molecule has 0 spiro atoms. The van der Waals surface area contributed by atoms with Gasteiger partial charge in [-0.1, -0.05) is 77.4 Å². The van der Waals surface area contributed by atoms with Crippen LogP contribution in [0.1, 0.15) is 38.2 Å². The van der Waals surface area contributed by atoms with Gasteiger partial charge in [0.15, 0.2) is 0 Å². The van der Waals surface area contributed by atoms with E-state index in [4.69, 9.17) is 4.74 Å². The molecule has 0 aliphatic carbocycles. The molecular formula is C24H22O2. The molecule has 0 aliphatic rings. The van der Waals surface area contributed by atoms with Gasteiger partial charge in [0.1, 0.15) is 5.76 Å². The quantitative estimate of drug-likeness (QED) is 0.332. The molecule has 0 aromatic heterocycles. The maximum absolute atomic E-state index is 12.6. The average Bonchev–Trinajstić information content (AvgIpc) is 2.64. The number of esters is 1. The molecule has 26 heavy (non-hydrogen) atoms. The van der Waals surface area contributed by atoms with Crippen molar-refractivity contribution >= 4 is 17.8 Å². The van der Waals surface area contributed by atoms with Gasteiger partial charge in [-0.25, -0.2) is 4.79 Å². The van der Waals surface area contributed by atoms with Crippen molar-refractivity contribution < 1.29 is 9.53 Å². The van der Waals surface area contributed by atoms with Gasteiger partial charge in [0.2, 0.25) is 0 Å². The van der Waals surface area contributed by atoms with Crippen molar-refractivity contribution in [3.8, 4) is 0 Å². The minimum Gasteiger partial charge on any atom is -0.422 e. The summed E-state index contributed by atoms with van der Waals surface area (Å²) in [5, 5.41) is 0. The third-order valence-corrected chi connectivity index (χ3v) is 4.20. The van der Waals surface area contributed by atoms with Gasteiger partial charge in [-0.05, 0) is 44.5 Å². The first-order valence-electron chi connectivity index (χ1n) is 8.65. The summed E-state index contributed by atoms with van der Waals surface area (Å²) in [5.41, 5.74) is 5.86.